The molecule has 0 radical (unpaired) electrons. The molecule has 2 unspecified atom stereocenters. The van der Waals surface area contributed by atoms with E-state index >= 15 is 0 Å². The summed E-state index contributed by atoms with van der Waals surface area (Å²) < 4.78 is 2.43. The van der Waals surface area contributed by atoms with Crippen LogP contribution in [0.2, 0.25) is 5.32 Å². The predicted octanol–water partition coefficient (Wildman–Crippen LogP) is 3.91. The summed E-state index contributed by atoms with van der Waals surface area (Å²) in [6, 6.07) is 24.5. The molecular weight excluding hydrogens is 635 g/mol. The van der Waals surface area contributed by atoms with Gasteiger partial charge in [-0.3, -0.25) is 0 Å². The van der Waals surface area contributed by atoms with Gasteiger partial charge in [0.05, 0.1) is 5.54 Å². The number of nitrogens with zero attached hydrogens (tertiary/aromatic N) is 7. The van der Waals surface area contributed by atoms with Crippen molar-refractivity contribution in [2.45, 2.75) is 43.7 Å². The average molecular weight is 668 g/mol. The fourth-order valence-electron chi connectivity index (χ4n) is 5.15. The van der Waals surface area contributed by atoms with Gasteiger partial charge in [0, 0.05) is 0 Å². The third kappa shape index (κ3) is 6.65. The number of aromatic nitrogens is 8. The second kappa shape index (κ2) is 13.0. The van der Waals surface area contributed by atoms with Crippen molar-refractivity contribution in [3.8, 4) is 0 Å². The quantitative estimate of drug-likeness (QED) is 0.139. The molecule has 0 saturated carbocycles. The number of hydrogen-bond acceptors (Lipinski definition) is 10. The maximum absolute atomic E-state index is 13.0. The van der Waals surface area contributed by atoms with Crippen LogP contribution in [0.15, 0.2) is 89.4 Å². The van der Waals surface area contributed by atoms with Crippen LogP contribution in [0.4, 0.5) is 5.69 Å². The van der Waals surface area contributed by atoms with Gasteiger partial charge in [-0.15, -0.1) is 0 Å². The summed E-state index contributed by atoms with van der Waals surface area (Å²) in [6.45, 7) is 6.79. The molecule has 2 heterocycles. The summed E-state index contributed by atoms with van der Waals surface area (Å²) in [5.74, 6) is 1.04. The smallest absolute Gasteiger partial charge is 0.0622 e. The van der Waals surface area contributed by atoms with Crippen LogP contribution in [0.1, 0.15) is 76.3 Å². The zero-order chi connectivity index (χ0) is 31.4. The molecule has 1 aliphatic rings. The van der Waals surface area contributed by atoms with Crippen molar-refractivity contribution in [3.63, 3.8) is 0 Å². The number of aromatic amines is 1. The summed E-state index contributed by atoms with van der Waals surface area (Å²) in [7, 11) is 0. The monoisotopic (exact) mass is 668 g/mol. The molecule has 13 heteroatoms. The first-order valence-electron chi connectivity index (χ1n) is 14.5. The van der Waals surface area contributed by atoms with E-state index in [0.717, 1.165) is 16.8 Å². The third-order valence-corrected chi connectivity index (χ3v) is 9.47. The Balaban J connectivity index is 1.16. The zero-order valence-corrected chi connectivity index (χ0v) is 26.7. The zero-order valence-electron chi connectivity index (χ0n) is 25.0. The number of nitrogens with one attached hydrogen (secondary N) is 3. The molecule has 228 valence electrons. The van der Waals surface area contributed by atoms with E-state index in [4.69, 9.17) is 0 Å². The fourth-order valence-corrected chi connectivity index (χ4v) is 6.97. The Kier molecular flexibility index (Phi) is 8.74. The first-order chi connectivity index (χ1) is 21.8. The van der Waals surface area contributed by atoms with Crippen molar-refractivity contribution in [3.05, 3.63) is 123 Å². The van der Waals surface area contributed by atoms with Gasteiger partial charge in [-0.1, -0.05) is 18.2 Å². The van der Waals surface area contributed by atoms with Crippen molar-refractivity contribution in [2.75, 3.05) is 11.9 Å². The van der Waals surface area contributed by atoms with Crippen molar-refractivity contribution < 1.29 is 9.59 Å². The van der Waals surface area contributed by atoms with E-state index in [1.54, 1.807) is 24.3 Å². The number of H-pyrrole nitrogens is 1. The van der Waals surface area contributed by atoms with Crippen LogP contribution >= 0.6 is 0 Å². The van der Waals surface area contributed by atoms with Gasteiger partial charge in [0.2, 0.25) is 0 Å². The summed E-state index contributed by atoms with van der Waals surface area (Å²) in [5, 5.41) is 35.2. The number of benzene rings is 3. The van der Waals surface area contributed by atoms with Crippen LogP contribution in [0.25, 0.3) is 0 Å². The number of hydrogen-bond donors (Lipinski definition) is 3. The van der Waals surface area contributed by atoms with Gasteiger partial charge in [0.25, 0.3) is 0 Å². The molecule has 6 rings (SSSR count). The summed E-state index contributed by atoms with van der Waals surface area (Å²) in [5.41, 5.74) is 3.52. The fraction of sp³-hybridized carbons (Fsp3) is 0.250. The van der Waals surface area contributed by atoms with Crippen LogP contribution in [0, 0.1) is 0 Å². The first kappa shape index (κ1) is 30.2. The Labute approximate surface area is 266 Å². The van der Waals surface area contributed by atoms with Gasteiger partial charge in [0.1, 0.15) is 0 Å². The number of anilines is 1. The SMILES string of the molecule is CC(C)(C)n1nnnc1C(Nc1ccc(C(NCC[Se]C2=CC(=O)c3ccccc3C2=O)c2nn[nH]n2)cc1)c1ccccc1. The van der Waals surface area contributed by atoms with Gasteiger partial charge < -0.3 is 0 Å². The summed E-state index contributed by atoms with van der Waals surface area (Å²) >= 11 is -0.183. The van der Waals surface area contributed by atoms with Crippen LogP contribution in [-0.4, -0.2) is 73.9 Å². The molecular formula is C32H32N10O2Se. The molecule has 3 aromatic carbocycles. The third-order valence-electron chi connectivity index (χ3n) is 7.33. The molecule has 0 aliphatic heterocycles. The normalized spacial score (nSPS) is 14.5. The van der Waals surface area contributed by atoms with Gasteiger partial charge in [-0.2, -0.15) is 0 Å². The molecule has 0 fully saturated rings. The topological polar surface area (TPSA) is 156 Å². The predicted molar refractivity (Wildman–Crippen MR) is 169 cm³/mol. The standard InChI is InChI=1S/C32H32N10O2Se/c1-32(2,3)42-31(37-40-41-42)28(20-9-5-4-6-10-20)34-22-15-13-21(14-16-22)27(30-35-38-39-36-30)33-17-18-45-26-19-25(43)23-11-7-8-12-24(23)29(26)44/h4-16,19,27-28,33-34H,17-18H2,1-3H3,(H,35,36,38,39). The minimum atomic E-state index is -0.329. The van der Waals surface area contributed by atoms with Crippen molar-refractivity contribution in [1.29, 1.82) is 0 Å². The number of carbonyl (C=O) groups is 2. The van der Waals surface area contributed by atoms with Gasteiger partial charge in [0.15, 0.2) is 0 Å². The number of tetrazole rings is 2. The number of ketones is 2. The molecule has 2 atom stereocenters. The number of allylic oxidation sites excluding steroid dienone is 2. The van der Waals surface area contributed by atoms with Crippen molar-refractivity contribution >= 4 is 32.2 Å². The van der Waals surface area contributed by atoms with Crippen LogP contribution in [0.5, 0.6) is 0 Å². The first-order valence-corrected chi connectivity index (χ1v) is 16.6. The Hall–Kier alpha value is -4.84. The summed E-state index contributed by atoms with van der Waals surface area (Å²) in [6.07, 6.45) is 1.50. The Bertz CT molecular complexity index is 1810. The number of Topliss-reactive ketones (excluding diaryl/α,β-unsaturated/α-hetero) is 1. The second-order valence-electron chi connectivity index (χ2n) is 11.5. The number of rotatable bonds is 11. The minimum absolute atomic E-state index is 0.0617. The molecule has 0 bridgehead atoms. The molecule has 2 aromatic heterocycles. The van der Waals surface area contributed by atoms with Crippen molar-refractivity contribution in [1.82, 2.24) is 46.1 Å². The Morgan fingerprint density at radius 2 is 1.58 bits per heavy atom. The van der Waals surface area contributed by atoms with Crippen molar-refractivity contribution in [2.24, 2.45) is 0 Å². The molecule has 12 nitrogen and oxygen atoms in total. The Morgan fingerprint density at radius 1 is 0.867 bits per heavy atom. The molecule has 0 spiro atoms. The second-order valence-corrected chi connectivity index (χ2v) is 13.9. The van der Waals surface area contributed by atoms with Gasteiger partial charge in [-0.05, 0) is 31.2 Å². The molecule has 0 amide bonds. The van der Waals surface area contributed by atoms with E-state index in [-0.39, 0.29) is 44.1 Å². The van der Waals surface area contributed by atoms with E-state index < -0.39 is 0 Å². The van der Waals surface area contributed by atoms with Crippen LogP contribution in [-0.2, 0) is 5.54 Å². The van der Waals surface area contributed by atoms with Gasteiger partial charge >= 0.3 is 212 Å². The Morgan fingerprint density at radius 3 is 2.29 bits per heavy atom. The van der Waals surface area contributed by atoms with E-state index in [1.807, 2.05) is 47.1 Å². The number of fused-ring (bicyclic) bond motifs is 1. The molecule has 5 aromatic rings. The van der Waals surface area contributed by atoms with E-state index in [0.29, 0.717) is 39.1 Å². The van der Waals surface area contributed by atoms with Gasteiger partial charge in [-0.25, -0.2) is 0 Å². The van der Waals surface area contributed by atoms with Crippen LogP contribution in [0.3, 0.4) is 0 Å². The van der Waals surface area contributed by atoms with E-state index in [1.165, 1.54) is 6.08 Å². The van der Waals surface area contributed by atoms with E-state index in [9.17, 15) is 9.59 Å². The molecule has 45 heavy (non-hydrogen) atoms. The molecule has 3 N–H and O–H groups in total. The van der Waals surface area contributed by atoms with E-state index in [2.05, 4.69) is 79.7 Å². The minimum Gasteiger partial charge on any atom is -0.0622 e. The maximum atomic E-state index is 13.0. The summed E-state index contributed by atoms with van der Waals surface area (Å²) in [4.78, 5) is 25.5. The molecule has 0 saturated heterocycles. The van der Waals surface area contributed by atoms with Crippen LogP contribution < -0.4 is 10.6 Å². The molecule has 1 aliphatic carbocycles. The number of carbonyl (C=O) groups excluding carboxylic acids is 2. The average Bonchev–Trinajstić information content (AvgIpc) is 3.76.